The van der Waals surface area contributed by atoms with Crippen LogP contribution in [0.2, 0.25) is 0 Å². The number of aromatic hydroxyl groups is 3. The molecule has 0 amide bonds. The molecule has 72 valence electrons. The third-order valence-corrected chi connectivity index (χ3v) is 1.84. The maximum atomic E-state index is 10.9. The smallest absolute Gasteiger partial charge is 0.330 e. The highest BCUT2D eigenvalue weighted by atomic mass is 16.5. The molecular weight excluding hydrogens is 188 g/mol. The minimum atomic E-state index is -0.819. The standard InChI is InChI=1S/C9H6O5/c10-4-1-2-5-6(3-4)14-9(13)8(12)7(5)11/h1-3,11-13H. The average Bonchev–Trinajstić information content (AvgIpc) is 2.14. The molecule has 0 aromatic carbocycles. The fourth-order valence-corrected chi connectivity index (χ4v) is 1.16. The lowest BCUT2D eigenvalue weighted by atomic mass is 10.1. The van der Waals surface area contributed by atoms with Crippen LogP contribution in [0.15, 0.2) is 27.4 Å². The van der Waals surface area contributed by atoms with Gasteiger partial charge >= 0.3 is 5.95 Å². The molecule has 0 fully saturated rings. The van der Waals surface area contributed by atoms with Crippen molar-refractivity contribution in [2.75, 3.05) is 0 Å². The minimum absolute atomic E-state index is 0.0188. The predicted octanol–water partition coefficient (Wildman–Crippen LogP) is 0.861. The minimum Gasteiger partial charge on any atom is -0.504 e. The van der Waals surface area contributed by atoms with E-state index in [1.807, 2.05) is 0 Å². The molecule has 1 heterocycles. The highest BCUT2D eigenvalue weighted by Gasteiger charge is 2.18. The molecule has 1 aliphatic carbocycles. The van der Waals surface area contributed by atoms with Crippen molar-refractivity contribution in [1.82, 2.24) is 0 Å². The van der Waals surface area contributed by atoms with E-state index in [9.17, 15) is 9.90 Å². The van der Waals surface area contributed by atoms with Gasteiger partial charge in [0.2, 0.25) is 5.75 Å². The quantitative estimate of drug-likeness (QED) is 0.578. The van der Waals surface area contributed by atoms with Gasteiger partial charge in [-0.15, -0.1) is 0 Å². The Bertz CT molecular complexity index is 514. The number of fused-ring (bicyclic) bond motifs is 1. The normalized spacial score (nSPS) is 10.6. The summed E-state index contributed by atoms with van der Waals surface area (Å²) in [6.07, 6.45) is 0. The van der Waals surface area contributed by atoms with Crippen molar-refractivity contribution in [2.24, 2.45) is 0 Å². The molecule has 5 heteroatoms. The molecule has 3 N–H and O–H groups in total. The fourth-order valence-electron chi connectivity index (χ4n) is 1.16. The van der Waals surface area contributed by atoms with E-state index in [-0.39, 0.29) is 16.8 Å². The maximum absolute atomic E-state index is 10.9. The van der Waals surface area contributed by atoms with Gasteiger partial charge in [0, 0.05) is 6.07 Å². The average molecular weight is 194 g/mol. The largest absolute Gasteiger partial charge is 0.504 e. The van der Waals surface area contributed by atoms with Crippen LogP contribution in [0.4, 0.5) is 0 Å². The summed E-state index contributed by atoms with van der Waals surface area (Å²) in [6.45, 7) is 0. The van der Waals surface area contributed by atoms with Gasteiger partial charge < -0.3 is 19.7 Å². The first-order valence-electron chi connectivity index (χ1n) is 3.77. The summed E-state index contributed by atoms with van der Waals surface area (Å²) in [6, 6.07) is 3.62. The van der Waals surface area contributed by atoms with Crippen molar-refractivity contribution in [3.63, 3.8) is 0 Å². The Morgan fingerprint density at radius 3 is 2.50 bits per heavy atom. The Morgan fingerprint density at radius 1 is 1.07 bits per heavy atom. The van der Waals surface area contributed by atoms with E-state index in [1.165, 1.54) is 12.1 Å². The molecule has 0 aromatic heterocycles. The molecule has 0 unspecified atom stereocenters. The van der Waals surface area contributed by atoms with Crippen LogP contribution in [-0.4, -0.2) is 15.3 Å². The summed E-state index contributed by atoms with van der Waals surface area (Å²) in [5.74, 6) is -2.05. The van der Waals surface area contributed by atoms with Crippen molar-refractivity contribution in [2.45, 2.75) is 0 Å². The molecule has 0 saturated carbocycles. The van der Waals surface area contributed by atoms with E-state index in [0.717, 1.165) is 6.07 Å². The molecule has 0 bridgehead atoms. The van der Waals surface area contributed by atoms with E-state index in [2.05, 4.69) is 0 Å². The third-order valence-electron chi connectivity index (χ3n) is 1.84. The third kappa shape index (κ3) is 1.06. The summed E-state index contributed by atoms with van der Waals surface area (Å²) < 4.78 is 4.70. The maximum Gasteiger partial charge on any atom is 0.330 e. The van der Waals surface area contributed by atoms with Gasteiger partial charge in [-0.05, 0) is 12.1 Å². The summed E-state index contributed by atoms with van der Waals surface area (Å²) in [5.41, 5.74) is -0.148. The Hall–Kier alpha value is -2.17. The molecule has 14 heavy (non-hydrogen) atoms. The summed E-state index contributed by atoms with van der Waals surface area (Å²) in [5, 5.41) is 27.5. The van der Waals surface area contributed by atoms with Gasteiger partial charge in [-0.3, -0.25) is 4.79 Å². The van der Waals surface area contributed by atoms with Crippen LogP contribution >= 0.6 is 0 Å². The lowest BCUT2D eigenvalue weighted by Gasteiger charge is -2.07. The van der Waals surface area contributed by atoms with Crippen molar-refractivity contribution in [3.8, 4) is 28.8 Å². The van der Waals surface area contributed by atoms with E-state index < -0.39 is 17.4 Å². The van der Waals surface area contributed by atoms with Gasteiger partial charge in [-0.1, -0.05) is 0 Å². The lowest BCUT2D eigenvalue weighted by molar-refractivity contribution is 0.282. The zero-order chi connectivity index (χ0) is 10.3. The van der Waals surface area contributed by atoms with Gasteiger partial charge in [0.05, 0.1) is 5.56 Å². The molecule has 0 saturated heterocycles. The van der Waals surface area contributed by atoms with Gasteiger partial charge in [0.1, 0.15) is 5.76 Å². The highest BCUT2D eigenvalue weighted by Crippen LogP contribution is 2.43. The summed E-state index contributed by atoms with van der Waals surface area (Å²) in [4.78, 5) is 10.9. The van der Waals surface area contributed by atoms with Crippen LogP contribution in [-0.2, 0) is 0 Å². The predicted molar refractivity (Wildman–Crippen MR) is 46.6 cm³/mol. The second-order valence-corrected chi connectivity index (χ2v) is 2.76. The number of rotatable bonds is 0. The van der Waals surface area contributed by atoms with E-state index in [0.29, 0.717) is 0 Å². The number of hydrogen-bond donors (Lipinski definition) is 3. The first-order valence-corrected chi connectivity index (χ1v) is 3.77. The Balaban J connectivity index is 2.91. The second-order valence-electron chi connectivity index (χ2n) is 2.76. The van der Waals surface area contributed by atoms with Crippen molar-refractivity contribution in [3.05, 3.63) is 28.4 Å². The zero-order valence-corrected chi connectivity index (χ0v) is 6.89. The topological polar surface area (TPSA) is 90.9 Å². The van der Waals surface area contributed by atoms with E-state index >= 15 is 0 Å². The van der Waals surface area contributed by atoms with Gasteiger partial charge in [-0.2, -0.15) is 0 Å². The van der Waals surface area contributed by atoms with Gasteiger partial charge in [0.25, 0.3) is 0 Å². The Labute approximate surface area is 77.8 Å². The monoisotopic (exact) mass is 194 g/mol. The van der Waals surface area contributed by atoms with Crippen LogP contribution in [0, 0.1) is 0 Å². The van der Waals surface area contributed by atoms with E-state index in [1.54, 1.807) is 0 Å². The number of hydrogen-bond acceptors (Lipinski definition) is 5. The van der Waals surface area contributed by atoms with Crippen molar-refractivity contribution >= 4 is 0 Å². The summed E-state index contributed by atoms with van der Waals surface area (Å²) >= 11 is 0. The van der Waals surface area contributed by atoms with Crippen LogP contribution in [0.3, 0.4) is 0 Å². The SMILES string of the molecule is O=c1ccc2c(O)c(O)c(O)oc-2c1. The van der Waals surface area contributed by atoms with Crippen molar-refractivity contribution in [1.29, 1.82) is 0 Å². The molecular formula is C9H6O5. The lowest BCUT2D eigenvalue weighted by Crippen LogP contribution is -1.97. The Kier molecular flexibility index (Phi) is 1.60. The van der Waals surface area contributed by atoms with Crippen LogP contribution < -0.4 is 5.43 Å². The molecule has 2 aliphatic rings. The second kappa shape index (κ2) is 2.66. The van der Waals surface area contributed by atoms with Crippen molar-refractivity contribution < 1.29 is 19.7 Å². The molecule has 2 rings (SSSR count). The van der Waals surface area contributed by atoms with Gasteiger partial charge in [-0.25, -0.2) is 0 Å². The van der Waals surface area contributed by atoms with E-state index in [4.69, 9.17) is 14.6 Å². The molecule has 0 radical (unpaired) electrons. The molecule has 0 spiro atoms. The van der Waals surface area contributed by atoms with Crippen LogP contribution in [0.25, 0.3) is 11.3 Å². The molecule has 0 atom stereocenters. The highest BCUT2D eigenvalue weighted by molar-refractivity contribution is 5.71. The molecule has 1 aliphatic heterocycles. The molecule has 5 nitrogen and oxygen atoms in total. The van der Waals surface area contributed by atoms with Gasteiger partial charge in [0.15, 0.2) is 11.2 Å². The van der Waals surface area contributed by atoms with Crippen LogP contribution in [0.1, 0.15) is 0 Å². The number of benzene rings is 1. The summed E-state index contributed by atoms with van der Waals surface area (Å²) in [7, 11) is 0. The van der Waals surface area contributed by atoms with Crippen LogP contribution in [0.5, 0.6) is 17.4 Å². The zero-order valence-electron chi connectivity index (χ0n) is 6.89. The fraction of sp³-hybridized carbons (Fsp3) is 0. The first-order chi connectivity index (χ1) is 6.59. The molecule has 0 aromatic rings. The Morgan fingerprint density at radius 2 is 1.79 bits per heavy atom. The first kappa shape index (κ1) is 8.43.